The van der Waals surface area contributed by atoms with Gasteiger partial charge in [0.05, 0.1) is 30.6 Å². The van der Waals surface area contributed by atoms with Crippen molar-refractivity contribution < 1.29 is 33.0 Å². The monoisotopic (exact) mass is 595 g/mol. The van der Waals surface area contributed by atoms with Crippen LogP contribution in [-0.2, 0) is 23.1 Å². The van der Waals surface area contributed by atoms with Crippen molar-refractivity contribution in [3.8, 4) is 16.9 Å². The van der Waals surface area contributed by atoms with E-state index in [0.717, 1.165) is 23.3 Å². The summed E-state index contributed by atoms with van der Waals surface area (Å²) in [5.74, 6) is -2.18. The van der Waals surface area contributed by atoms with Crippen molar-refractivity contribution in [2.45, 2.75) is 50.2 Å². The molecular formula is C31H35F2N5O5. The normalized spacial score (nSPS) is 25.3. The predicted octanol–water partition coefficient (Wildman–Crippen LogP) is 2.50. The second kappa shape index (κ2) is 12.4. The fourth-order valence-electron chi connectivity index (χ4n) is 6.03. The second-order valence-electron chi connectivity index (χ2n) is 11.4. The number of hydrogen-bond acceptors (Lipinski definition) is 7. The van der Waals surface area contributed by atoms with E-state index in [9.17, 15) is 23.5 Å². The molecule has 3 aliphatic rings. The Morgan fingerprint density at radius 2 is 1.91 bits per heavy atom. The summed E-state index contributed by atoms with van der Waals surface area (Å²) in [4.78, 5) is 31.2. The van der Waals surface area contributed by atoms with Gasteiger partial charge in [-0.05, 0) is 48.2 Å². The summed E-state index contributed by atoms with van der Waals surface area (Å²) in [6, 6.07) is 8.23. The van der Waals surface area contributed by atoms with E-state index in [1.807, 2.05) is 30.3 Å². The molecule has 0 spiro atoms. The van der Waals surface area contributed by atoms with Gasteiger partial charge in [0, 0.05) is 58.0 Å². The summed E-state index contributed by atoms with van der Waals surface area (Å²) in [5.41, 5.74) is 2.61. The van der Waals surface area contributed by atoms with Gasteiger partial charge in [-0.1, -0.05) is 12.1 Å². The highest BCUT2D eigenvalue weighted by molar-refractivity contribution is 6.00. The lowest BCUT2D eigenvalue weighted by Crippen LogP contribution is -2.61. The molecule has 228 valence electrons. The Morgan fingerprint density at radius 1 is 1.05 bits per heavy atom. The molecule has 4 heterocycles. The van der Waals surface area contributed by atoms with E-state index < -0.39 is 29.9 Å². The third-order valence-corrected chi connectivity index (χ3v) is 8.42. The number of amides is 2. The van der Waals surface area contributed by atoms with E-state index in [-0.39, 0.29) is 44.1 Å². The Kier molecular flexibility index (Phi) is 8.42. The maximum absolute atomic E-state index is 14.1. The molecule has 12 heteroatoms. The number of nitrogens with zero attached hydrogens (tertiary/aromatic N) is 4. The van der Waals surface area contributed by atoms with Gasteiger partial charge < -0.3 is 24.8 Å². The first-order chi connectivity index (χ1) is 20.7. The number of carbonyl (C=O) groups is 2. The van der Waals surface area contributed by atoms with Crippen LogP contribution in [0.25, 0.3) is 11.1 Å². The highest BCUT2D eigenvalue weighted by atomic mass is 19.2. The molecule has 43 heavy (non-hydrogen) atoms. The van der Waals surface area contributed by atoms with Crippen molar-refractivity contribution in [2.75, 3.05) is 32.8 Å². The minimum Gasteiger partial charge on any atom is -0.493 e. The lowest BCUT2D eigenvalue weighted by Gasteiger charge is -2.41. The van der Waals surface area contributed by atoms with Gasteiger partial charge in [0.25, 0.3) is 5.91 Å². The van der Waals surface area contributed by atoms with Crippen molar-refractivity contribution in [1.29, 1.82) is 0 Å². The van der Waals surface area contributed by atoms with Crippen molar-refractivity contribution in [3.63, 3.8) is 0 Å². The van der Waals surface area contributed by atoms with Crippen LogP contribution in [-0.4, -0.2) is 93.6 Å². The minimum absolute atomic E-state index is 0.101. The van der Waals surface area contributed by atoms with Crippen LogP contribution in [0.3, 0.4) is 0 Å². The largest absolute Gasteiger partial charge is 0.493 e. The first kappa shape index (κ1) is 29.2. The van der Waals surface area contributed by atoms with Gasteiger partial charge in [0.2, 0.25) is 5.91 Å². The Bertz CT molecular complexity index is 1500. The van der Waals surface area contributed by atoms with Crippen LogP contribution in [0.5, 0.6) is 5.75 Å². The van der Waals surface area contributed by atoms with Gasteiger partial charge >= 0.3 is 0 Å². The Morgan fingerprint density at radius 3 is 2.70 bits per heavy atom. The summed E-state index contributed by atoms with van der Waals surface area (Å²) < 4.78 is 41.4. The number of hydrogen-bond donors (Lipinski definition) is 2. The number of ether oxygens (including phenoxy) is 2. The number of rotatable bonds is 3. The lowest BCUT2D eigenvalue weighted by atomic mass is 9.98. The van der Waals surface area contributed by atoms with Gasteiger partial charge in [-0.15, -0.1) is 0 Å². The van der Waals surface area contributed by atoms with Crippen LogP contribution in [0.15, 0.2) is 48.8 Å². The van der Waals surface area contributed by atoms with Crippen LogP contribution in [0, 0.1) is 11.6 Å². The van der Waals surface area contributed by atoms with E-state index in [0.29, 0.717) is 49.3 Å². The molecule has 2 saturated heterocycles. The van der Waals surface area contributed by atoms with E-state index in [1.54, 1.807) is 16.9 Å². The third-order valence-electron chi connectivity index (χ3n) is 8.42. The third kappa shape index (κ3) is 6.41. The van der Waals surface area contributed by atoms with Crippen molar-refractivity contribution in [1.82, 2.24) is 24.9 Å². The molecular weight excluding hydrogens is 560 g/mol. The standard InChI is InChI=1S/C31H35F2N5O5/c1-36-17-21(14-35-36)20-3-5-23-28(13-20)42-11-8-22-4-7-27(39)29(43-22)15-34-30(40)26-18-37(9-10-38(26)31(23)41)16-19-2-6-24(32)25(33)12-19/h2-3,5-6,12-14,17,22,26-27,29,39H,4,7-11,15-16,18H2,1H3,(H,34,40)/t22-,26-,27-,29+/m0/s1. The number of benzene rings is 2. The van der Waals surface area contributed by atoms with E-state index >= 15 is 0 Å². The zero-order valence-corrected chi connectivity index (χ0v) is 23.9. The summed E-state index contributed by atoms with van der Waals surface area (Å²) in [6.07, 6.45) is 3.91. The van der Waals surface area contributed by atoms with Gasteiger partial charge in [-0.25, -0.2) is 8.78 Å². The second-order valence-corrected chi connectivity index (χ2v) is 11.4. The summed E-state index contributed by atoms with van der Waals surface area (Å²) in [6.45, 7) is 1.52. The fraction of sp³-hybridized carbons (Fsp3) is 0.452. The number of aliphatic hydroxyl groups is 1. The Balaban J connectivity index is 1.31. The number of piperazine rings is 1. The fourth-order valence-corrected chi connectivity index (χ4v) is 6.03. The van der Waals surface area contributed by atoms with Crippen molar-refractivity contribution >= 4 is 11.8 Å². The van der Waals surface area contributed by atoms with Gasteiger partial charge in [0.1, 0.15) is 17.9 Å². The van der Waals surface area contributed by atoms with Gasteiger partial charge in [-0.2, -0.15) is 5.10 Å². The van der Waals surface area contributed by atoms with Crippen LogP contribution < -0.4 is 10.1 Å². The predicted molar refractivity (Wildman–Crippen MR) is 152 cm³/mol. The molecule has 6 rings (SSSR count). The quantitative estimate of drug-likeness (QED) is 0.479. The number of fused-ring (bicyclic) bond motifs is 4. The molecule has 2 N–H and O–H groups in total. The number of nitrogens with one attached hydrogen (secondary N) is 1. The number of aryl methyl sites for hydroxylation is 1. The zero-order valence-electron chi connectivity index (χ0n) is 23.9. The van der Waals surface area contributed by atoms with Gasteiger partial charge in [-0.3, -0.25) is 19.2 Å². The topological polar surface area (TPSA) is 109 Å². The highest BCUT2D eigenvalue weighted by Gasteiger charge is 2.38. The highest BCUT2D eigenvalue weighted by Crippen LogP contribution is 2.31. The molecule has 2 amide bonds. The maximum Gasteiger partial charge on any atom is 0.258 e. The first-order valence-corrected chi connectivity index (χ1v) is 14.6. The average Bonchev–Trinajstić information content (AvgIpc) is 3.44. The maximum atomic E-state index is 14.1. The van der Waals surface area contributed by atoms with E-state index in [1.165, 1.54) is 11.0 Å². The molecule has 2 bridgehead atoms. The molecule has 1 aromatic heterocycles. The molecule has 0 saturated carbocycles. The van der Waals surface area contributed by atoms with E-state index in [2.05, 4.69) is 10.4 Å². The molecule has 4 atom stereocenters. The minimum atomic E-state index is -0.936. The van der Waals surface area contributed by atoms with Crippen LogP contribution in [0.2, 0.25) is 0 Å². The SMILES string of the molecule is Cn1cc(-c2ccc3c(c2)OCC[C@@H]2CC[C@H](O)[C@@H](CNC(=O)[C@@H]4CN(Cc5ccc(F)c(F)c5)CCN4C3=O)O2)cn1. The summed E-state index contributed by atoms with van der Waals surface area (Å²) in [5, 5.41) is 17.7. The molecule has 0 radical (unpaired) electrons. The Hall–Kier alpha value is -3.87. The molecule has 3 aliphatic heterocycles. The van der Waals surface area contributed by atoms with E-state index in [4.69, 9.17) is 9.47 Å². The number of aromatic nitrogens is 2. The molecule has 3 aromatic rings. The lowest BCUT2D eigenvalue weighted by molar-refractivity contribution is -0.135. The molecule has 0 unspecified atom stereocenters. The van der Waals surface area contributed by atoms with Crippen LogP contribution in [0.1, 0.15) is 35.2 Å². The summed E-state index contributed by atoms with van der Waals surface area (Å²) >= 11 is 0. The first-order valence-electron chi connectivity index (χ1n) is 14.6. The van der Waals surface area contributed by atoms with Crippen LogP contribution in [0.4, 0.5) is 8.78 Å². The van der Waals surface area contributed by atoms with Crippen LogP contribution >= 0.6 is 0 Å². The van der Waals surface area contributed by atoms with Crippen molar-refractivity contribution in [3.05, 3.63) is 71.6 Å². The Labute approximate surface area is 248 Å². The molecule has 10 nitrogen and oxygen atoms in total. The average molecular weight is 596 g/mol. The smallest absolute Gasteiger partial charge is 0.258 e. The molecule has 0 aliphatic carbocycles. The zero-order chi connectivity index (χ0) is 30.1. The number of aliphatic hydroxyl groups excluding tert-OH is 1. The number of carbonyl (C=O) groups excluding carboxylic acids is 2. The van der Waals surface area contributed by atoms with Gasteiger partial charge in [0.15, 0.2) is 11.6 Å². The number of halogens is 2. The summed E-state index contributed by atoms with van der Waals surface area (Å²) in [7, 11) is 1.83. The molecule has 2 fully saturated rings. The van der Waals surface area contributed by atoms with Crippen molar-refractivity contribution in [2.24, 2.45) is 7.05 Å². The molecule has 2 aromatic carbocycles.